The second-order valence-corrected chi connectivity index (χ2v) is 8.00. The number of fused-ring (bicyclic) bond motifs is 1. The van der Waals surface area contributed by atoms with Crippen molar-refractivity contribution in [2.24, 2.45) is 5.92 Å². The van der Waals surface area contributed by atoms with Gasteiger partial charge in [0.2, 0.25) is 0 Å². The summed E-state index contributed by atoms with van der Waals surface area (Å²) < 4.78 is 0. The van der Waals surface area contributed by atoms with Gasteiger partial charge in [-0.15, -0.1) is 11.3 Å². The molecule has 0 spiro atoms. The molecule has 1 aromatic heterocycles. The van der Waals surface area contributed by atoms with Gasteiger partial charge < -0.3 is 5.32 Å². The van der Waals surface area contributed by atoms with Crippen LogP contribution in [0.1, 0.15) is 80.4 Å². The molecule has 2 aliphatic carbocycles. The summed E-state index contributed by atoms with van der Waals surface area (Å²) in [5.41, 5.74) is 1.41. The molecule has 1 N–H and O–H groups in total. The van der Waals surface area contributed by atoms with E-state index in [9.17, 15) is 0 Å². The molecule has 1 unspecified atom stereocenters. The van der Waals surface area contributed by atoms with Crippen LogP contribution in [0.25, 0.3) is 0 Å². The molecule has 2 aliphatic rings. The zero-order valence-electron chi connectivity index (χ0n) is 13.0. The van der Waals surface area contributed by atoms with Gasteiger partial charge in [0.15, 0.2) is 0 Å². The van der Waals surface area contributed by atoms with Gasteiger partial charge >= 0.3 is 0 Å². The minimum absolute atomic E-state index is 0.494. The van der Waals surface area contributed by atoms with Crippen LogP contribution in [-0.2, 0) is 12.8 Å². The van der Waals surface area contributed by atoms with Crippen molar-refractivity contribution in [2.45, 2.75) is 83.7 Å². The van der Waals surface area contributed by atoms with Crippen LogP contribution in [0.2, 0.25) is 0 Å². The first-order valence-corrected chi connectivity index (χ1v) is 9.28. The Kier molecular flexibility index (Phi) is 4.77. The van der Waals surface area contributed by atoms with Crippen molar-refractivity contribution < 1.29 is 0 Å². The molecular formula is C17H28N2S. The second kappa shape index (κ2) is 6.57. The van der Waals surface area contributed by atoms with E-state index in [2.05, 4.69) is 19.2 Å². The standard InChI is InChI=1S/C17H28N2S/c1-12(2)18-15(11-13-7-4-3-5-8-13)17-19-14-9-6-10-16(14)20-17/h12-13,15,18H,3-11H2,1-2H3. The summed E-state index contributed by atoms with van der Waals surface area (Å²) >= 11 is 1.99. The van der Waals surface area contributed by atoms with Crippen LogP contribution in [0.4, 0.5) is 0 Å². The minimum atomic E-state index is 0.494. The van der Waals surface area contributed by atoms with Crippen LogP contribution in [0.3, 0.4) is 0 Å². The number of hydrogen-bond acceptors (Lipinski definition) is 3. The second-order valence-electron chi connectivity index (χ2n) is 6.89. The van der Waals surface area contributed by atoms with Crippen molar-refractivity contribution >= 4 is 11.3 Å². The van der Waals surface area contributed by atoms with E-state index in [1.807, 2.05) is 11.3 Å². The normalized spacial score (nSPS) is 21.4. The average molecular weight is 292 g/mol. The molecule has 0 aliphatic heterocycles. The monoisotopic (exact) mass is 292 g/mol. The number of nitrogens with zero attached hydrogens (tertiary/aromatic N) is 1. The zero-order valence-corrected chi connectivity index (χ0v) is 13.8. The Morgan fingerprint density at radius 1 is 1.15 bits per heavy atom. The average Bonchev–Trinajstić information content (AvgIpc) is 2.99. The quantitative estimate of drug-likeness (QED) is 0.855. The van der Waals surface area contributed by atoms with Crippen molar-refractivity contribution in [2.75, 3.05) is 0 Å². The number of rotatable bonds is 5. The predicted octanol–water partition coefficient (Wildman–Crippen LogP) is 4.64. The van der Waals surface area contributed by atoms with Crippen LogP contribution in [0.15, 0.2) is 0 Å². The molecule has 3 rings (SSSR count). The molecular weight excluding hydrogens is 264 g/mol. The maximum atomic E-state index is 4.97. The minimum Gasteiger partial charge on any atom is -0.306 e. The highest BCUT2D eigenvalue weighted by molar-refractivity contribution is 7.11. The first-order chi connectivity index (χ1) is 9.72. The van der Waals surface area contributed by atoms with Crippen molar-refractivity contribution in [3.63, 3.8) is 0 Å². The molecule has 1 aromatic rings. The fourth-order valence-electron chi connectivity index (χ4n) is 3.76. The lowest BCUT2D eigenvalue weighted by Gasteiger charge is -2.27. The Balaban J connectivity index is 1.70. The Morgan fingerprint density at radius 3 is 2.65 bits per heavy atom. The summed E-state index contributed by atoms with van der Waals surface area (Å²) in [6.45, 7) is 4.52. The van der Waals surface area contributed by atoms with Crippen molar-refractivity contribution in [3.8, 4) is 0 Å². The van der Waals surface area contributed by atoms with E-state index in [1.165, 1.54) is 68.5 Å². The summed E-state index contributed by atoms with van der Waals surface area (Å²) in [6.07, 6.45) is 12.3. The highest BCUT2D eigenvalue weighted by Gasteiger charge is 2.25. The molecule has 20 heavy (non-hydrogen) atoms. The maximum absolute atomic E-state index is 4.97. The molecule has 0 amide bonds. The molecule has 0 aromatic carbocycles. The highest BCUT2D eigenvalue weighted by atomic mass is 32.1. The van der Waals surface area contributed by atoms with Gasteiger partial charge in [-0.2, -0.15) is 0 Å². The van der Waals surface area contributed by atoms with Gasteiger partial charge in [0.05, 0.1) is 11.7 Å². The van der Waals surface area contributed by atoms with E-state index in [0.29, 0.717) is 12.1 Å². The third-order valence-electron chi connectivity index (χ3n) is 4.74. The Hall–Kier alpha value is -0.410. The fourth-order valence-corrected chi connectivity index (χ4v) is 4.98. The van der Waals surface area contributed by atoms with Crippen LogP contribution in [0.5, 0.6) is 0 Å². The Labute approximate surface area is 127 Å². The lowest BCUT2D eigenvalue weighted by Crippen LogP contribution is -2.30. The highest BCUT2D eigenvalue weighted by Crippen LogP contribution is 2.36. The van der Waals surface area contributed by atoms with Gasteiger partial charge in [-0.3, -0.25) is 0 Å². The molecule has 2 nitrogen and oxygen atoms in total. The van der Waals surface area contributed by atoms with E-state index >= 15 is 0 Å². The third-order valence-corrected chi connectivity index (χ3v) is 6.01. The molecule has 112 valence electrons. The van der Waals surface area contributed by atoms with Gasteiger partial charge in [0.25, 0.3) is 0 Å². The van der Waals surface area contributed by atoms with Gasteiger partial charge in [-0.25, -0.2) is 4.98 Å². The fraction of sp³-hybridized carbons (Fsp3) is 0.824. The Bertz CT molecular complexity index is 411. The number of aromatic nitrogens is 1. The summed E-state index contributed by atoms with van der Waals surface area (Å²) in [5.74, 6) is 0.916. The lowest BCUT2D eigenvalue weighted by atomic mass is 9.85. The predicted molar refractivity (Wildman–Crippen MR) is 86.3 cm³/mol. The first-order valence-electron chi connectivity index (χ1n) is 8.47. The van der Waals surface area contributed by atoms with Crippen LogP contribution < -0.4 is 5.32 Å². The first kappa shape index (κ1) is 14.5. The summed E-state index contributed by atoms with van der Waals surface area (Å²) in [4.78, 5) is 6.53. The molecule has 0 radical (unpaired) electrons. The van der Waals surface area contributed by atoms with Gasteiger partial charge in [-0.05, 0) is 31.6 Å². The number of thiazole rings is 1. The van der Waals surface area contributed by atoms with Crippen molar-refractivity contribution in [1.29, 1.82) is 0 Å². The largest absolute Gasteiger partial charge is 0.306 e. The number of hydrogen-bond donors (Lipinski definition) is 1. The van der Waals surface area contributed by atoms with E-state index in [1.54, 1.807) is 4.88 Å². The van der Waals surface area contributed by atoms with Crippen molar-refractivity contribution in [1.82, 2.24) is 10.3 Å². The third kappa shape index (κ3) is 3.43. The van der Waals surface area contributed by atoms with Crippen LogP contribution in [0, 0.1) is 5.92 Å². The number of nitrogens with one attached hydrogen (secondary N) is 1. The van der Waals surface area contributed by atoms with E-state index in [0.717, 1.165) is 5.92 Å². The summed E-state index contributed by atoms with van der Waals surface area (Å²) in [6, 6.07) is 1.04. The lowest BCUT2D eigenvalue weighted by molar-refractivity contribution is 0.292. The maximum Gasteiger partial charge on any atom is 0.110 e. The molecule has 0 bridgehead atoms. The molecule has 3 heteroatoms. The zero-order chi connectivity index (χ0) is 13.9. The van der Waals surface area contributed by atoms with Gasteiger partial charge in [-0.1, -0.05) is 46.0 Å². The number of aryl methyl sites for hydroxylation is 2. The van der Waals surface area contributed by atoms with Crippen molar-refractivity contribution in [3.05, 3.63) is 15.6 Å². The van der Waals surface area contributed by atoms with E-state index < -0.39 is 0 Å². The van der Waals surface area contributed by atoms with E-state index in [4.69, 9.17) is 4.98 Å². The van der Waals surface area contributed by atoms with Gasteiger partial charge in [0.1, 0.15) is 5.01 Å². The molecule has 0 saturated heterocycles. The molecule has 1 atom stereocenters. The van der Waals surface area contributed by atoms with Crippen LogP contribution in [-0.4, -0.2) is 11.0 Å². The molecule has 1 fully saturated rings. The summed E-state index contributed by atoms with van der Waals surface area (Å²) in [5, 5.41) is 5.15. The van der Waals surface area contributed by atoms with Gasteiger partial charge in [0, 0.05) is 10.9 Å². The molecule has 1 saturated carbocycles. The SMILES string of the molecule is CC(C)NC(CC1CCCCC1)c1nc2c(s1)CCC2. The van der Waals surface area contributed by atoms with Crippen LogP contribution >= 0.6 is 11.3 Å². The summed E-state index contributed by atoms with van der Waals surface area (Å²) in [7, 11) is 0. The topological polar surface area (TPSA) is 24.9 Å². The Morgan fingerprint density at radius 2 is 1.95 bits per heavy atom. The van der Waals surface area contributed by atoms with E-state index in [-0.39, 0.29) is 0 Å². The smallest absolute Gasteiger partial charge is 0.110 e. The molecule has 1 heterocycles.